The van der Waals surface area contributed by atoms with Crippen molar-refractivity contribution in [2.75, 3.05) is 5.32 Å². The second-order valence-electron chi connectivity index (χ2n) is 6.01. The molecule has 0 saturated heterocycles. The minimum Gasteiger partial charge on any atom is -0.322 e. The van der Waals surface area contributed by atoms with Crippen LogP contribution < -0.4 is 5.32 Å². The minimum atomic E-state index is -2.48. The van der Waals surface area contributed by atoms with Gasteiger partial charge in [0, 0.05) is 21.8 Å². The fourth-order valence-electron chi connectivity index (χ4n) is 2.86. The molecule has 1 aromatic heterocycles. The van der Waals surface area contributed by atoms with E-state index >= 15 is 0 Å². The maximum atomic E-state index is 12.4. The summed E-state index contributed by atoms with van der Waals surface area (Å²) in [6.07, 6.45) is 1.76. The maximum Gasteiger partial charge on any atom is 0.288 e. The molecule has 0 spiro atoms. The number of alkyl halides is 2. The molecule has 0 atom stereocenters. The number of carbonyl (C=O) groups is 1. The highest BCUT2D eigenvalue weighted by Gasteiger charge is 2.09. The molecule has 0 aliphatic rings. The van der Waals surface area contributed by atoms with Gasteiger partial charge in [-0.15, -0.1) is 0 Å². The fourth-order valence-corrected chi connectivity index (χ4v) is 3.36. The maximum absolute atomic E-state index is 12.4. The third kappa shape index (κ3) is 3.89. The summed E-state index contributed by atoms with van der Waals surface area (Å²) in [7, 11) is 0. The molecular weight excluding hydrogens is 380 g/mol. The number of carbonyl (C=O) groups excluding carboxylic acids is 1. The molecule has 140 valence electrons. The molecule has 4 rings (SSSR count). The van der Waals surface area contributed by atoms with Crippen LogP contribution in [-0.2, 0) is 0 Å². The predicted molar refractivity (Wildman–Crippen MR) is 107 cm³/mol. The van der Waals surface area contributed by atoms with Crippen molar-refractivity contribution in [3.63, 3.8) is 0 Å². The van der Waals surface area contributed by atoms with Crippen molar-refractivity contribution < 1.29 is 13.6 Å². The molecule has 0 unspecified atom stereocenters. The molecule has 1 N–H and O–H groups in total. The highest BCUT2D eigenvalue weighted by Crippen LogP contribution is 2.25. The monoisotopic (exact) mass is 395 g/mol. The van der Waals surface area contributed by atoms with E-state index in [0.29, 0.717) is 27.9 Å². The fraction of sp³-hybridized carbons (Fsp3) is 0.0476. The van der Waals surface area contributed by atoms with E-state index in [-0.39, 0.29) is 5.91 Å². The van der Waals surface area contributed by atoms with E-state index in [1.165, 1.54) is 24.3 Å². The van der Waals surface area contributed by atoms with Crippen molar-refractivity contribution in [3.05, 3.63) is 84.7 Å². The molecule has 3 aromatic carbocycles. The van der Waals surface area contributed by atoms with Gasteiger partial charge in [-0.3, -0.25) is 9.36 Å². The summed E-state index contributed by atoms with van der Waals surface area (Å²) in [5, 5.41) is 2.81. The van der Waals surface area contributed by atoms with Gasteiger partial charge in [-0.1, -0.05) is 23.9 Å². The smallest absolute Gasteiger partial charge is 0.288 e. The number of hydrogen-bond donors (Lipinski definition) is 1. The first-order valence-corrected chi connectivity index (χ1v) is 9.37. The Bertz CT molecular complexity index is 1110. The number of fused-ring (bicyclic) bond motifs is 1. The quantitative estimate of drug-likeness (QED) is 0.448. The van der Waals surface area contributed by atoms with Gasteiger partial charge in [0.2, 0.25) is 0 Å². The molecule has 0 aliphatic carbocycles. The minimum absolute atomic E-state index is 0.297. The van der Waals surface area contributed by atoms with Gasteiger partial charge in [0.15, 0.2) is 0 Å². The Morgan fingerprint density at radius 1 is 0.964 bits per heavy atom. The summed E-state index contributed by atoms with van der Waals surface area (Å²) in [6.45, 7) is 0. The van der Waals surface area contributed by atoms with E-state index in [2.05, 4.69) is 10.3 Å². The molecule has 1 heterocycles. The van der Waals surface area contributed by atoms with Crippen LogP contribution in [0.15, 0.2) is 84.0 Å². The Morgan fingerprint density at radius 3 is 2.39 bits per heavy atom. The number of aromatic nitrogens is 2. The predicted octanol–water partition coefficient (Wildman–Crippen LogP) is 5.59. The Labute approximate surface area is 164 Å². The molecule has 0 fully saturated rings. The lowest BCUT2D eigenvalue weighted by molar-refractivity contribution is 0.102. The average molecular weight is 395 g/mol. The van der Waals surface area contributed by atoms with Crippen LogP contribution in [0.5, 0.6) is 0 Å². The van der Waals surface area contributed by atoms with Gasteiger partial charge in [0.05, 0.1) is 11.0 Å². The second kappa shape index (κ2) is 7.82. The van der Waals surface area contributed by atoms with Gasteiger partial charge in [0.1, 0.15) is 6.33 Å². The zero-order valence-electron chi connectivity index (χ0n) is 14.5. The lowest BCUT2D eigenvalue weighted by Gasteiger charge is -2.08. The molecule has 0 aliphatic heterocycles. The zero-order chi connectivity index (χ0) is 19.5. The van der Waals surface area contributed by atoms with E-state index in [1.54, 1.807) is 6.33 Å². The van der Waals surface area contributed by atoms with Crippen molar-refractivity contribution in [1.82, 2.24) is 9.55 Å². The summed E-state index contributed by atoms with van der Waals surface area (Å²) >= 11 is 0.451. The van der Waals surface area contributed by atoms with Crippen LogP contribution in [0.1, 0.15) is 10.4 Å². The van der Waals surface area contributed by atoms with Crippen LogP contribution in [0.4, 0.5) is 14.5 Å². The van der Waals surface area contributed by atoms with E-state index < -0.39 is 5.76 Å². The van der Waals surface area contributed by atoms with Crippen LogP contribution in [0.3, 0.4) is 0 Å². The first-order valence-electron chi connectivity index (χ1n) is 8.49. The van der Waals surface area contributed by atoms with Crippen molar-refractivity contribution >= 4 is 34.4 Å². The van der Waals surface area contributed by atoms with E-state index in [9.17, 15) is 13.6 Å². The number of amides is 1. The van der Waals surface area contributed by atoms with E-state index in [4.69, 9.17) is 0 Å². The summed E-state index contributed by atoms with van der Waals surface area (Å²) in [5.74, 6) is -2.78. The first kappa shape index (κ1) is 18.2. The molecule has 7 heteroatoms. The zero-order valence-corrected chi connectivity index (χ0v) is 15.4. The molecule has 0 bridgehead atoms. The van der Waals surface area contributed by atoms with Crippen LogP contribution >= 0.6 is 11.8 Å². The Morgan fingerprint density at radius 2 is 1.68 bits per heavy atom. The molecule has 28 heavy (non-hydrogen) atoms. The number of thioether (sulfide) groups is 1. The normalized spacial score (nSPS) is 11.1. The lowest BCUT2D eigenvalue weighted by Crippen LogP contribution is -2.11. The molecule has 0 saturated carbocycles. The summed E-state index contributed by atoms with van der Waals surface area (Å²) in [6, 6.07) is 21.3. The molecule has 4 nitrogen and oxygen atoms in total. The van der Waals surface area contributed by atoms with Gasteiger partial charge in [0.25, 0.3) is 11.7 Å². The Hall–Kier alpha value is -3.19. The van der Waals surface area contributed by atoms with Crippen molar-refractivity contribution in [2.24, 2.45) is 0 Å². The number of anilines is 1. The summed E-state index contributed by atoms with van der Waals surface area (Å²) in [5.41, 5.74) is 3.89. The third-order valence-electron chi connectivity index (χ3n) is 4.20. The molecule has 4 aromatic rings. The number of hydrogen-bond acceptors (Lipinski definition) is 3. The summed E-state index contributed by atoms with van der Waals surface area (Å²) in [4.78, 5) is 17.1. The van der Waals surface area contributed by atoms with Crippen LogP contribution in [0.25, 0.3) is 16.7 Å². The number of imidazole rings is 1. The van der Waals surface area contributed by atoms with Gasteiger partial charge in [-0.2, -0.15) is 8.78 Å². The molecular formula is C21H15F2N3OS. The third-order valence-corrected chi connectivity index (χ3v) is 4.92. The summed E-state index contributed by atoms with van der Waals surface area (Å²) < 4.78 is 26.7. The highest BCUT2D eigenvalue weighted by atomic mass is 32.2. The standard InChI is InChI=1S/C21H15F2N3OS/c22-21(23)28-17-11-5-14(6-12-17)20(27)25-15-7-9-16(10-8-15)26-13-24-18-3-1-2-4-19(18)26/h1-13,21H,(H,25,27). The average Bonchev–Trinajstić information content (AvgIpc) is 3.13. The topological polar surface area (TPSA) is 46.9 Å². The number of halogens is 2. The lowest BCUT2D eigenvalue weighted by atomic mass is 10.2. The first-order chi connectivity index (χ1) is 13.6. The van der Waals surface area contributed by atoms with Crippen LogP contribution in [-0.4, -0.2) is 21.2 Å². The van der Waals surface area contributed by atoms with Crippen molar-refractivity contribution in [3.8, 4) is 5.69 Å². The van der Waals surface area contributed by atoms with E-state index in [1.807, 2.05) is 53.1 Å². The van der Waals surface area contributed by atoms with Gasteiger partial charge < -0.3 is 5.32 Å². The van der Waals surface area contributed by atoms with Gasteiger partial charge in [-0.05, 0) is 60.7 Å². The Kier molecular flexibility index (Phi) is 5.08. The largest absolute Gasteiger partial charge is 0.322 e. The van der Waals surface area contributed by atoms with Crippen LogP contribution in [0, 0.1) is 0 Å². The number of nitrogens with zero attached hydrogens (tertiary/aromatic N) is 2. The van der Waals surface area contributed by atoms with Gasteiger partial charge >= 0.3 is 0 Å². The number of rotatable bonds is 5. The molecule has 0 radical (unpaired) electrons. The van der Waals surface area contributed by atoms with Crippen molar-refractivity contribution in [2.45, 2.75) is 10.7 Å². The molecule has 1 amide bonds. The van der Waals surface area contributed by atoms with Gasteiger partial charge in [-0.25, -0.2) is 4.98 Å². The number of para-hydroxylation sites is 2. The highest BCUT2D eigenvalue weighted by molar-refractivity contribution is 7.99. The van der Waals surface area contributed by atoms with Crippen LogP contribution in [0.2, 0.25) is 0 Å². The Balaban J connectivity index is 1.48. The van der Waals surface area contributed by atoms with Crippen molar-refractivity contribution in [1.29, 1.82) is 0 Å². The second-order valence-corrected chi connectivity index (χ2v) is 7.07. The number of nitrogens with one attached hydrogen (secondary N) is 1. The SMILES string of the molecule is O=C(Nc1ccc(-n2cnc3ccccc32)cc1)c1ccc(SC(F)F)cc1. The number of benzene rings is 3. The van der Waals surface area contributed by atoms with E-state index in [0.717, 1.165) is 16.7 Å².